The zero-order valence-electron chi connectivity index (χ0n) is 12.4. The number of rotatable bonds is 2. The summed E-state index contributed by atoms with van der Waals surface area (Å²) in [7, 11) is 0. The Bertz CT molecular complexity index is 526. The predicted molar refractivity (Wildman–Crippen MR) is 77.4 cm³/mol. The Morgan fingerprint density at radius 3 is 2.25 bits per heavy atom. The molecule has 0 bridgehead atoms. The molecule has 0 radical (unpaired) electrons. The molecule has 1 saturated carbocycles. The van der Waals surface area contributed by atoms with Gasteiger partial charge in [0.2, 0.25) is 0 Å². The van der Waals surface area contributed by atoms with Gasteiger partial charge in [-0.15, -0.1) is 0 Å². The summed E-state index contributed by atoms with van der Waals surface area (Å²) in [5, 5.41) is 9.04. The number of ether oxygens (including phenoxy) is 1. The van der Waals surface area contributed by atoms with Crippen molar-refractivity contribution in [3.8, 4) is 11.8 Å². The van der Waals surface area contributed by atoms with Crippen molar-refractivity contribution in [3.05, 3.63) is 28.8 Å². The number of esters is 1. The summed E-state index contributed by atoms with van der Waals surface area (Å²) in [5.74, 6) is 1.18. The zero-order valence-corrected chi connectivity index (χ0v) is 12.4. The summed E-state index contributed by atoms with van der Waals surface area (Å²) < 4.78 is 5.50. The molecule has 0 atom stereocenters. The van der Waals surface area contributed by atoms with Crippen LogP contribution < -0.4 is 4.74 Å². The second kappa shape index (κ2) is 6.09. The molecule has 0 amide bonds. The monoisotopic (exact) mass is 271 g/mol. The lowest BCUT2D eigenvalue weighted by Gasteiger charge is -2.24. The summed E-state index contributed by atoms with van der Waals surface area (Å²) >= 11 is 0. The van der Waals surface area contributed by atoms with Gasteiger partial charge in [-0.25, -0.2) is 0 Å². The van der Waals surface area contributed by atoms with Crippen LogP contribution in [0.3, 0.4) is 0 Å². The summed E-state index contributed by atoms with van der Waals surface area (Å²) in [6.45, 7) is 5.96. The van der Waals surface area contributed by atoms with Gasteiger partial charge in [-0.2, -0.15) is 5.26 Å². The molecule has 0 N–H and O–H groups in total. The summed E-state index contributed by atoms with van der Waals surface area (Å²) in [6.07, 6.45) is 4.05. The Labute approximate surface area is 120 Å². The van der Waals surface area contributed by atoms with Crippen LogP contribution in [0, 0.1) is 37.0 Å². The van der Waals surface area contributed by atoms with Crippen LogP contribution in [0.4, 0.5) is 0 Å². The molecule has 1 aromatic rings. The standard InChI is InChI=1S/C17H21NO2/c1-11-4-6-14(7-5-11)17(19)20-15-8-12(2)16(10-18)13(3)9-15/h8-9,11,14H,4-7H2,1-3H3. The van der Waals surface area contributed by atoms with Gasteiger partial charge in [0.1, 0.15) is 5.75 Å². The second-order valence-electron chi connectivity index (χ2n) is 5.92. The molecule has 0 aliphatic heterocycles. The molecule has 1 aliphatic rings. The molecule has 3 heteroatoms. The molecule has 0 heterocycles. The Morgan fingerprint density at radius 1 is 1.20 bits per heavy atom. The van der Waals surface area contributed by atoms with Crippen molar-refractivity contribution in [2.75, 3.05) is 0 Å². The summed E-state index contributed by atoms with van der Waals surface area (Å²) in [5.41, 5.74) is 2.37. The van der Waals surface area contributed by atoms with Crippen LogP contribution in [0.2, 0.25) is 0 Å². The van der Waals surface area contributed by atoms with Crippen LogP contribution in [0.5, 0.6) is 5.75 Å². The molecule has 20 heavy (non-hydrogen) atoms. The molecule has 1 aromatic carbocycles. The van der Waals surface area contributed by atoms with Gasteiger partial charge in [0, 0.05) is 0 Å². The maximum atomic E-state index is 12.2. The van der Waals surface area contributed by atoms with E-state index in [0.29, 0.717) is 11.3 Å². The first-order valence-corrected chi connectivity index (χ1v) is 7.24. The van der Waals surface area contributed by atoms with E-state index in [2.05, 4.69) is 13.0 Å². The number of aryl methyl sites for hydroxylation is 2. The van der Waals surface area contributed by atoms with Crippen molar-refractivity contribution in [1.29, 1.82) is 5.26 Å². The van der Waals surface area contributed by atoms with Crippen molar-refractivity contribution < 1.29 is 9.53 Å². The first kappa shape index (κ1) is 14.6. The smallest absolute Gasteiger partial charge is 0.314 e. The van der Waals surface area contributed by atoms with E-state index in [4.69, 9.17) is 10.00 Å². The molecule has 0 spiro atoms. The molecular weight excluding hydrogens is 250 g/mol. The SMILES string of the molecule is Cc1cc(OC(=O)C2CCC(C)CC2)cc(C)c1C#N. The van der Waals surface area contributed by atoms with E-state index in [1.807, 2.05) is 13.8 Å². The van der Waals surface area contributed by atoms with Crippen LogP contribution in [0.1, 0.15) is 49.3 Å². The molecule has 3 nitrogen and oxygen atoms in total. The fraction of sp³-hybridized carbons (Fsp3) is 0.529. The third kappa shape index (κ3) is 3.19. The molecule has 1 fully saturated rings. The number of benzene rings is 1. The Kier molecular flexibility index (Phi) is 4.44. The lowest BCUT2D eigenvalue weighted by atomic mass is 9.83. The number of hydrogen-bond acceptors (Lipinski definition) is 3. The van der Waals surface area contributed by atoms with Crippen molar-refractivity contribution in [3.63, 3.8) is 0 Å². The third-order valence-electron chi connectivity index (χ3n) is 4.19. The molecule has 0 unspecified atom stereocenters. The van der Waals surface area contributed by atoms with Crippen molar-refractivity contribution in [2.45, 2.75) is 46.5 Å². The molecule has 1 aliphatic carbocycles. The Morgan fingerprint density at radius 2 is 1.75 bits per heavy atom. The number of nitrogens with zero attached hydrogens (tertiary/aromatic N) is 1. The lowest BCUT2D eigenvalue weighted by Crippen LogP contribution is -2.25. The van der Waals surface area contributed by atoms with E-state index in [-0.39, 0.29) is 11.9 Å². The first-order valence-electron chi connectivity index (χ1n) is 7.24. The topological polar surface area (TPSA) is 50.1 Å². The van der Waals surface area contributed by atoms with Crippen molar-refractivity contribution in [2.24, 2.45) is 11.8 Å². The maximum Gasteiger partial charge on any atom is 0.314 e. The highest BCUT2D eigenvalue weighted by Crippen LogP contribution is 2.30. The van der Waals surface area contributed by atoms with Crippen LogP contribution in [0.15, 0.2) is 12.1 Å². The summed E-state index contributed by atoms with van der Waals surface area (Å²) in [4.78, 5) is 12.2. The van der Waals surface area contributed by atoms with E-state index >= 15 is 0 Å². The molecule has 0 saturated heterocycles. The highest BCUT2D eigenvalue weighted by Gasteiger charge is 2.26. The van der Waals surface area contributed by atoms with E-state index < -0.39 is 0 Å². The minimum absolute atomic E-state index is 0.0301. The van der Waals surface area contributed by atoms with E-state index in [9.17, 15) is 4.79 Å². The average molecular weight is 271 g/mol. The second-order valence-corrected chi connectivity index (χ2v) is 5.92. The van der Waals surface area contributed by atoms with Crippen molar-refractivity contribution in [1.82, 2.24) is 0 Å². The predicted octanol–water partition coefficient (Wildman–Crippen LogP) is 3.91. The minimum Gasteiger partial charge on any atom is -0.426 e. The van der Waals surface area contributed by atoms with Gasteiger partial charge in [0.15, 0.2) is 0 Å². The summed E-state index contributed by atoms with van der Waals surface area (Å²) in [6, 6.07) is 5.72. The molecule has 106 valence electrons. The van der Waals surface area contributed by atoms with Gasteiger partial charge in [0.25, 0.3) is 0 Å². The molecule has 2 rings (SSSR count). The van der Waals surface area contributed by atoms with Gasteiger partial charge in [-0.05, 0) is 68.7 Å². The lowest BCUT2D eigenvalue weighted by molar-refractivity contribution is -0.140. The van der Waals surface area contributed by atoms with Crippen LogP contribution in [0.25, 0.3) is 0 Å². The first-order chi connectivity index (χ1) is 9.51. The highest BCUT2D eigenvalue weighted by molar-refractivity contribution is 5.75. The van der Waals surface area contributed by atoms with Gasteiger partial charge < -0.3 is 4.74 Å². The van der Waals surface area contributed by atoms with Gasteiger partial charge >= 0.3 is 5.97 Å². The largest absolute Gasteiger partial charge is 0.426 e. The number of nitriles is 1. The van der Waals surface area contributed by atoms with Crippen LogP contribution >= 0.6 is 0 Å². The van der Waals surface area contributed by atoms with E-state index in [1.54, 1.807) is 12.1 Å². The van der Waals surface area contributed by atoms with Gasteiger partial charge in [-0.3, -0.25) is 4.79 Å². The fourth-order valence-electron chi connectivity index (χ4n) is 2.85. The Hall–Kier alpha value is -1.82. The zero-order chi connectivity index (χ0) is 14.7. The van der Waals surface area contributed by atoms with Gasteiger partial charge in [0.05, 0.1) is 17.6 Å². The fourth-order valence-corrected chi connectivity index (χ4v) is 2.85. The normalized spacial score (nSPS) is 22.1. The number of hydrogen-bond donors (Lipinski definition) is 0. The molecule has 0 aromatic heterocycles. The van der Waals surface area contributed by atoms with Crippen LogP contribution in [-0.4, -0.2) is 5.97 Å². The van der Waals surface area contributed by atoms with Gasteiger partial charge in [-0.1, -0.05) is 6.92 Å². The van der Waals surface area contributed by atoms with Crippen molar-refractivity contribution >= 4 is 5.97 Å². The maximum absolute atomic E-state index is 12.2. The Balaban J connectivity index is 2.07. The van der Waals surface area contributed by atoms with E-state index in [1.165, 1.54) is 0 Å². The quantitative estimate of drug-likeness (QED) is 0.605. The number of carbonyl (C=O) groups is 1. The third-order valence-corrected chi connectivity index (χ3v) is 4.19. The molecular formula is C17H21NO2. The van der Waals surface area contributed by atoms with E-state index in [0.717, 1.165) is 42.7 Å². The van der Waals surface area contributed by atoms with Crippen LogP contribution in [-0.2, 0) is 4.79 Å². The average Bonchev–Trinajstić information content (AvgIpc) is 2.39. The highest BCUT2D eigenvalue weighted by atomic mass is 16.5. The minimum atomic E-state index is -0.125. The number of carbonyl (C=O) groups excluding carboxylic acids is 1.